The molecule has 1 aromatic rings. The summed E-state index contributed by atoms with van der Waals surface area (Å²) in [7, 11) is 2.92. The van der Waals surface area contributed by atoms with Gasteiger partial charge in [-0.05, 0) is 13.3 Å². The molecule has 1 aromatic heterocycles. The van der Waals surface area contributed by atoms with Crippen molar-refractivity contribution in [1.82, 2.24) is 9.97 Å². The van der Waals surface area contributed by atoms with Crippen molar-refractivity contribution in [3.63, 3.8) is 0 Å². The molecule has 0 aliphatic heterocycles. The van der Waals surface area contributed by atoms with Crippen LogP contribution in [0.3, 0.4) is 0 Å². The fourth-order valence-electron chi connectivity index (χ4n) is 1.21. The van der Waals surface area contributed by atoms with E-state index < -0.39 is 11.5 Å². The van der Waals surface area contributed by atoms with Crippen LogP contribution in [0.1, 0.15) is 20.3 Å². The lowest BCUT2D eigenvalue weighted by Gasteiger charge is -2.24. The standard InChI is InChI=1S/C11H17N3O4/c1-5-11(2,9(15)16)14-10-12-7(17-3)6-8(13-10)18-4/h6H,5H2,1-4H3,(H,15,16)(H,12,13,14). The van der Waals surface area contributed by atoms with Crippen LogP contribution < -0.4 is 14.8 Å². The van der Waals surface area contributed by atoms with E-state index in [9.17, 15) is 4.79 Å². The van der Waals surface area contributed by atoms with Gasteiger partial charge in [0.2, 0.25) is 17.7 Å². The molecule has 0 radical (unpaired) electrons. The predicted octanol–water partition coefficient (Wildman–Crippen LogP) is 1.16. The molecule has 0 aromatic carbocycles. The molecule has 0 spiro atoms. The Morgan fingerprint density at radius 1 is 1.39 bits per heavy atom. The Bertz CT molecular complexity index is 416. The van der Waals surface area contributed by atoms with Crippen molar-refractivity contribution in [3.05, 3.63) is 6.07 Å². The molecule has 7 heteroatoms. The van der Waals surface area contributed by atoms with Gasteiger partial charge >= 0.3 is 5.97 Å². The van der Waals surface area contributed by atoms with Crippen molar-refractivity contribution in [3.8, 4) is 11.8 Å². The van der Waals surface area contributed by atoms with Crippen molar-refractivity contribution in [2.45, 2.75) is 25.8 Å². The molecule has 7 nitrogen and oxygen atoms in total. The average molecular weight is 255 g/mol. The highest BCUT2D eigenvalue weighted by Crippen LogP contribution is 2.21. The summed E-state index contributed by atoms with van der Waals surface area (Å²) in [4.78, 5) is 19.2. The summed E-state index contributed by atoms with van der Waals surface area (Å²) in [5, 5.41) is 11.9. The first-order valence-electron chi connectivity index (χ1n) is 5.43. The fourth-order valence-corrected chi connectivity index (χ4v) is 1.21. The third-order valence-corrected chi connectivity index (χ3v) is 2.66. The zero-order chi connectivity index (χ0) is 13.8. The molecule has 0 saturated heterocycles. The first-order valence-corrected chi connectivity index (χ1v) is 5.43. The molecule has 0 fully saturated rings. The molecular weight excluding hydrogens is 238 g/mol. The quantitative estimate of drug-likeness (QED) is 0.787. The number of hydrogen-bond donors (Lipinski definition) is 2. The molecule has 100 valence electrons. The SMILES string of the molecule is CCC(C)(Nc1nc(OC)cc(OC)n1)C(=O)O. The zero-order valence-corrected chi connectivity index (χ0v) is 10.9. The van der Waals surface area contributed by atoms with Crippen LogP contribution in [0, 0.1) is 0 Å². The molecular formula is C11H17N3O4. The topological polar surface area (TPSA) is 93.6 Å². The van der Waals surface area contributed by atoms with Crippen molar-refractivity contribution in [2.75, 3.05) is 19.5 Å². The average Bonchev–Trinajstić information content (AvgIpc) is 2.37. The smallest absolute Gasteiger partial charge is 0.329 e. The summed E-state index contributed by atoms with van der Waals surface area (Å²) in [6, 6.07) is 1.51. The second-order valence-electron chi connectivity index (χ2n) is 3.89. The number of aromatic nitrogens is 2. The molecule has 0 bridgehead atoms. The molecule has 0 amide bonds. The second kappa shape index (κ2) is 5.52. The lowest BCUT2D eigenvalue weighted by molar-refractivity contribution is -0.141. The third-order valence-electron chi connectivity index (χ3n) is 2.66. The highest BCUT2D eigenvalue weighted by Gasteiger charge is 2.32. The zero-order valence-electron chi connectivity index (χ0n) is 10.9. The molecule has 0 aliphatic carbocycles. The van der Waals surface area contributed by atoms with Gasteiger partial charge in [-0.1, -0.05) is 6.92 Å². The Kier molecular flexibility index (Phi) is 4.30. The van der Waals surface area contributed by atoms with Gasteiger partial charge in [0.15, 0.2) is 0 Å². The Labute approximate surface area is 105 Å². The Balaban J connectivity index is 3.06. The Morgan fingerprint density at radius 2 is 1.89 bits per heavy atom. The van der Waals surface area contributed by atoms with E-state index in [2.05, 4.69) is 15.3 Å². The molecule has 18 heavy (non-hydrogen) atoms. The number of ether oxygens (including phenoxy) is 2. The number of carboxylic acid groups (broad SMARTS) is 1. The summed E-state index contributed by atoms with van der Waals surface area (Å²) in [6.45, 7) is 3.32. The van der Waals surface area contributed by atoms with Crippen LogP contribution in [0.2, 0.25) is 0 Å². The first-order chi connectivity index (χ1) is 8.45. The van der Waals surface area contributed by atoms with E-state index in [0.29, 0.717) is 18.2 Å². The number of carbonyl (C=O) groups is 1. The summed E-state index contributed by atoms with van der Waals surface area (Å²) >= 11 is 0. The van der Waals surface area contributed by atoms with Crippen LogP contribution in [0.4, 0.5) is 5.95 Å². The van der Waals surface area contributed by atoms with E-state index in [-0.39, 0.29) is 5.95 Å². The fraction of sp³-hybridized carbons (Fsp3) is 0.545. The molecule has 0 saturated carbocycles. The molecule has 1 unspecified atom stereocenters. The van der Waals surface area contributed by atoms with Crippen molar-refractivity contribution in [1.29, 1.82) is 0 Å². The van der Waals surface area contributed by atoms with E-state index in [1.165, 1.54) is 20.3 Å². The van der Waals surface area contributed by atoms with E-state index in [0.717, 1.165) is 0 Å². The minimum Gasteiger partial charge on any atom is -0.481 e. The summed E-state index contributed by atoms with van der Waals surface area (Å²) in [5.74, 6) is -0.227. The molecule has 1 rings (SSSR count). The van der Waals surface area contributed by atoms with Crippen LogP contribution in [0.15, 0.2) is 6.07 Å². The maximum atomic E-state index is 11.2. The number of rotatable bonds is 6. The van der Waals surface area contributed by atoms with Gasteiger partial charge in [0.25, 0.3) is 0 Å². The Hall–Kier alpha value is -2.05. The van der Waals surface area contributed by atoms with Crippen LogP contribution in [-0.2, 0) is 4.79 Å². The first kappa shape index (κ1) is 14.0. The van der Waals surface area contributed by atoms with Crippen molar-refractivity contribution >= 4 is 11.9 Å². The van der Waals surface area contributed by atoms with Gasteiger partial charge in [-0.2, -0.15) is 9.97 Å². The lowest BCUT2D eigenvalue weighted by Crippen LogP contribution is -2.43. The Morgan fingerprint density at radius 3 is 2.22 bits per heavy atom. The number of methoxy groups -OCH3 is 2. The van der Waals surface area contributed by atoms with Gasteiger partial charge in [0, 0.05) is 0 Å². The van der Waals surface area contributed by atoms with Crippen LogP contribution in [0.25, 0.3) is 0 Å². The van der Waals surface area contributed by atoms with Crippen molar-refractivity contribution < 1.29 is 19.4 Å². The highest BCUT2D eigenvalue weighted by atomic mass is 16.5. The van der Waals surface area contributed by atoms with Crippen LogP contribution >= 0.6 is 0 Å². The number of hydrogen-bond acceptors (Lipinski definition) is 6. The summed E-state index contributed by atoms with van der Waals surface area (Å²) < 4.78 is 9.97. The number of anilines is 1. The largest absolute Gasteiger partial charge is 0.481 e. The van der Waals surface area contributed by atoms with Crippen molar-refractivity contribution in [2.24, 2.45) is 0 Å². The number of aliphatic carboxylic acids is 1. The number of nitrogens with one attached hydrogen (secondary N) is 1. The maximum absolute atomic E-state index is 11.2. The van der Waals surface area contributed by atoms with Gasteiger partial charge in [-0.15, -0.1) is 0 Å². The van der Waals surface area contributed by atoms with Gasteiger partial charge in [-0.3, -0.25) is 0 Å². The van der Waals surface area contributed by atoms with E-state index in [1.54, 1.807) is 13.8 Å². The lowest BCUT2D eigenvalue weighted by atomic mass is 10.00. The van der Waals surface area contributed by atoms with Crippen LogP contribution in [0.5, 0.6) is 11.8 Å². The minimum absolute atomic E-state index is 0.151. The molecule has 0 aliphatic rings. The third kappa shape index (κ3) is 2.99. The normalized spacial score (nSPS) is 13.6. The van der Waals surface area contributed by atoms with Gasteiger partial charge in [0.05, 0.1) is 20.3 Å². The van der Waals surface area contributed by atoms with E-state index in [4.69, 9.17) is 14.6 Å². The van der Waals surface area contributed by atoms with Gasteiger partial charge in [-0.25, -0.2) is 4.79 Å². The molecule has 1 atom stereocenters. The second-order valence-corrected chi connectivity index (χ2v) is 3.89. The van der Waals surface area contributed by atoms with Gasteiger partial charge < -0.3 is 19.9 Å². The maximum Gasteiger partial charge on any atom is 0.329 e. The summed E-state index contributed by atoms with van der Waals surface area (Å²) in [5.41, 5.74) is -1.14. The van der Waals surface area contributed by atoms with Gasteiger partial charge in [0.1, 0.15) is 5.54 Å². The molecule has 2 N–H and O–H groups in total. The summed E-state index contributed by atoms with van der Waals surface area (Å²) in [6.07, 6.45) is 0.380. The van der Waals surface area contributed by atoms with E-state index in [1.807, 2.05) is 0 Å². The highest BCUT2D eigenvalue weighted by molar-refractivity contribution is 5.81. The number of carboxylic acids is 1. The molecule has 1 heterocycles. The predicted molar refractivity (Wildman–Crippen MR) is 65.1 cm³/mol. The minimum atomic E-state index is -1.14. The van der Waals surface area contributed by atoms with E-state index >= 15 is 0 Å². The monoisotopic (exact) mass is 255 g/mol. The number of nitrogens with zero attached hydrogens (tertiary/aromatic N) is 2. The van der Waals surface area contributed by atoms with Crippen LogP contribution in [-0.4, -0.2) is 40.8 Å².